The van der Waals surface area contributed by atoms with Crippen LogP contribution in [0.3, 0.4) is 0 Å². The number of hydrogen-bond acceptors (Lipinski definition) is 6. The van der Waals surface area contributed by atoms with Crippen LogP contribution in [0.2, 0.25) is 0 Å². The second-order valence-corrected chi connectivity index (χ2v) is 5.71. The van der Waals surface area contributed by atoms with Crippen molar-refractivity contribution < 1.29 is 15.3 Å². The van der Waals surface area contributed by atoms with Crippen LogP contribution >= 0.6 is 0 Å². The van der Waals surface area contributed by atoms with Crippen molar-refractivity contribution in [2.45, 2.75) is 19.1 Å². The highest BCUT2D eigenvalue weighted by Gasteiger charge is 2.11. The van der Waals surface area contributed by atoms with Crippen LogP contribution in [-0.2, 0) is 6.61 Å². The summed E-state index contributed by atoms with van der Waals surface area (Å²) in [5.74, 6) is 0.0578. The molecule has 1 aromatic carbocycles. The number of aliphatic hydroxyl groups is 2. The second kappa shape index (κ2) is 9.07. The molecule has 1 fully saturated rings. The average molecular weight is 309 g/mol. The number of rotatable bonds is 8. The predicted molar refractivity (Wildman–Crippen MR) is 85.8 cm³/mol. The zero-order chi connectivity index (χ0) is 15.8. The van der Waals surface area contributed by atoms with Gasteiger partial charge in [0.2, 0.25) is 0 Å². The number of aliphatic hydroxyl groups excluding tert-OH is 2. The molecule has 5 N–H and O–H groups in total. The molecule has 6 nitrogen and oxygen atoms in total. The fourth-order valence-electron chi connectivity index (χ4n) is 2.66. The molecule has 1 aromatic rings. The third-order valence-corrected chi connectivity index (χ3v) is 4.03. The highest BCUT2D eigenvalue weighted by Crippen LogP contribution is 2.22. The van der Waals surface area contributed by atoms with Gasteiger partial charge in [-0.15, -0.1) is 0 Å². The molecule has 0 aliphatic carbocycles. The van der Waals surface area contributed by atoms with Crippen LogP contribution in [0.15, 0.2) is 18.2 Å². The monoisotopic (exact) mass is 309 g/mol. The van der Waals surface area contributed by atoms with Crippen LogP contribution < -0.4 is 10.6 Å². The van der Waals surface area contributed by atoms with Gasteiger partial charge in [0.05, 0.1) is 12.7 Å². The molecule has 1 atom stereocenters. The largest absolute Gasteiger partial charge is 0.508 e. The summed E-state index contributed by atoms with van der Waals surface area (Å²) in [6, 6.07) is 4.83. The third-order valence-electron chi connectivity index (χ3n) is 4.03. The number of hydrogen-bond donors (Lipinski definition) is 5. The lowest BCUT2D eigenvalue weighted by molar-refractivity contribution is 0.172. The van der Waals surface area contributed by atoms with E-state index < -0.39 is 6.10 Å². The molecule has 0 spiro atoms. The maximum Gasteiger partial charge on any atom is 0.121 e. The summed E-state index contributed by atoms with van der Waals surface area (Å²) < 4.78 is 0. The predicted octanol–water partition coefficient (Wildman–Crippen LogP) is -0.197. The van der Waals surface area contributed by atoms with E-state index >= 15 is 0 Å². The van der Waals surface area contributed by atoms with Gasteiger partial charge < -0.3 is 30.9 Å². The van der Waals surface area contributed by atoms with Crippen molar-refractivity contribution >= 4 is 0 Å². The average Bonchev–Trinajstić information content (AvgIpc) is 2.55. The van der Waals surface area contributed by atoms with E-state index in [1.165, 1.54) is 6.07 Å². The van der Waals surface area contributed by atoms with Gasteiger partial charge in [-0.3, -0.25) is 0 Å². The Morgan fingerprint density at radius 3 is 2.77 bits per heavy atom. The van der Waals surface area contributed by atoms with Gasteiger partial charge in [-0.2, -0.15) is 0 Å². The number of piperazine rings is 1. The Bertz CT molecular complexity index is 450. The van der Waals surface area contributed by atoms with Crippen LogP contribution in [0.4, 0.5) is 0 Å². The molecule has 1 unspecified atom stereocenters. The van der Waals surface area contributed by atoms with Crippen LogP contribution in [0.5, 0.6) is 5.75 Å². The van der Waals surface area contributed by atoms with Crippen LogP contribution in [-0.4, -0.2) is 66.0 Å². The first-order valence-corrected chi connectivity index (χ1v) is 7.95. The summed E-state index contributed by atoms with van der Waals surface area (Å²) in [5, 5.41) is 35.4. The minimum absolute atomic E-state index is 0.0578. The van der Waals surface area contributed by atoms with Crippen LogP contribution in [0.1, 0.15) is 23.7 Å². The minimum Gasteiger partial charge on any atom is -0.508 e. The number of phenols is 1. The fourth-order valence-corrected chi connectivity index (χ4v) is 2.66. The van der Waals surface area contributed by atoms with E-state index in [0.717, 1.165) is 45.7 Å². The van der Waals surface area contributed by atoms with Gasteiger partial charge >= 0.3 is 0 Å². The van der Waals surface area contributed by atoms with Gasteiger partial charge in [-0.1, -0.05) is 6.07 Å². The Morgan fingerprint density at radius 1 is 1.27 bits per heavy atom. The molecule has 1 aliphatic rings. The lowest BCUT2D eigenvalue weighted by Crippen LogP contribution is -2.44. The summed E-state index contributed by atoms with van der Waals surface area (Å²) in [6.07, 6.45) is 0.426. The molecule has 1 heterocycles. The maximum absolute atomic E-state index is 10.1. The van der Waals surface area contributed by atoms with Gasteiger partial charge in [0, 0.05) is 38.3 Å². The summed E-state index contributed by atoms with van der Waals surface area (Å²) in [5.41, 5.74) is 1.15. The van der Waals surface area contributed by atoms with Gasteiger partial charge in [0.1, 0.15) is 5.75 Å². The molecule has 22 heavy (non-hydrogen) atoms. The molecule has 0 amide bonds. The molecule has 1 aliphatic heterocycles. The fraction of sp³-hybridized carbons (Fsp3) is 0.625. The molecule has 2 rings (SSSR count). The first kappa shape index (κ1) is 17.2. The van der Waals surface area contributed by atoms with E-state index in [1.54, 1.807) is 12.1 Å². The molecule has 0 bridgehead atoms. The van der Waals surface area contributed by atoms with E-state index in [1.807, 2.05) is 0 Å². The van der Waals surface area contributed by atoms with E-state index in [0.29, 0.717) is 17.7 Å². The highest BCUT2D eigenvalue weighted by molar-refractivity contribution is 5.36. The summed E-state index contributed by atoms with van der Waals surface area (Å²) >= 11 is 0. The first-order valence-electron chi connectivity index (χ1n) is 7.95. The number of nitrogens with one attached hydrogen (secondary N) is 2. The highest BCUT2D eigenvalue weighted by atomic mass is 16.3. The zero-order valence-corrected chi connectivity index (χ0v) is 13.0. The van der Waals surface area contributed by atoms with Crippen LogP contribution in [0, 0.1) is 0 Å². The maximum atomic E-state index is 10.1. The minimum atomic E-state index is -0.634. The van der Waals surface area contributed by atoms with Crippen molar-refractivity contribution in [2.24, 2.45) is 0 Å². The number of benzene rings is 1. The van der Waals surface area contributed by atoms with E-state index in [2.05, 4.69) is 15.5 Å². The van der Waals surface area contributed by atoms with Crippen molar-refractivity contribution in [3.8, 4) is 5.75 Å². The van der Waals surface area contributed by atoms with E-state index in [9.17, 15) is 10.2 Å². The first-order chi connectivity index (χ1) is 10.7. The smallest absolute Gasteiger partial charge is 0.121 e. The summed E-state index contributed by atoms with van der Waals surface area (Å²) in [7, 11) is 0. The van der Waals surface area contributed by atoms with Crippen molar-refractivity contribution in [1.29, 1.82) is 0 Å². The molecule has 0 radical (unpaired) electrons. The van der Waals surface area contributed by atoms with E-state index in [-0.39, 0.29) is 12.4 Å². The number of aromatic hydroxyl groups is 1. The Hall–Kier alpha value is -1.18. The lowest BCUT2D eigenvalue weighted by atomic mass is 10.1. The van der Waals surface area contributed by atoms with E-state index in [4.69, 9.17) is 5.11 Å². The number of nitrogens with zero attached hydrogens (tertiary/aromatic N) is 1. The van der Waals surface area contributed by atoms with Crippen LogP contribution in [0.25, 0.3) is 0 Å². The summed E-state index contributed by atoms with van der Waals surface area (Å²) in [4.78, 5) is 2.45. The third kappa shape index (κ3) is 5.23. The zero-order valence-electron chi connectivity index (χ0n) is 13.0. The lowest BCUT2D eigenvalue weighted by Gasteiger charge is -2.27. The van der Waals surface area contributed by atoms with Crippen molar-refractivity contribution in [2.75, 3.05) is 45.8 Å². The molecule has 124 valence electrons. The van der Waals surface area contributed by atoms with Gasteiger partial charge in [-0.25, -0.2) is 0 Å². The Kier molecular flexibility index (Phi) is 7.08. The van der Waals surface area contributed by atoms with Gasteiger partial charge in [-0.05, 0) is 37.2 Å². The normalized spacial score (nSPS) is 17.5. The molecule has 6 heteroatoms. The molecule has 1 saturated heterocycles. The summed E-state index contributed by atoms with van der Waals surface area (Å²) in [6.45, 7) is 6.55. The Labute approximate surface area is 131 Å². The Morgan fingerprint density at radius 2 is 2.05 bits per heavy atom. The van der Waals surface area contributed by atoms with Gasteiger partial charge in [0.15, 0.2) is 0 Å². The van der Waals surface area contributed by atoms with Crippen molar-refractivity contribution in [1.82, 2.24) is 15.5 Å². The Balaban J connectivity index is 1.65. The van der Waals surface area contributed by atoms with Crippen molar-refractivity contribution in [3.05, 3.63) is 29.3 Å². The van der Waals surface area contributed by atoms with Gasteiger partial charge in [0.25, 0.3) is 0 Å². The second-order valence-electron chi connectivity index (χ2n) is 5.71. The van der Waals surface area contributed by atoms with Crippen molar-refractivity contribution in [3.63, 3.8) is 0 Å². The topological polar surface area (TPSA) is 88.0 Å². The quantitative estimate of drug-likeness (QED) is 0.428. The molecule has 0 aromatic heterocycles. The molecular formula is C16H27N3O3. The molecule has 0 saturated carbocycles. The molecular weight excluding hydrogens is 282 g/mol. The standard InChI is InChI=1S/C16H27N3O3/c20-12-14-10-13(2-3-15(14)21)16(22)11-18-4-1-7-19-8-5-17-6-9-19/h2-3,10,16-18,20-22H,1,4-9,11-12H2. The SMILES string of the molecule is OCc1cc(C(O)CNCCCN2CCNCC2)ccc1O.